The molecule has 0 radical (unpaired) electrons. The lowest BCUT2D eigenvalue weighted by atomic mass is 9.96. The van der Waals surface area contributed by atoms with Gasteiger partial charge in [-0.15, -0.1) is 5.10 Å². The molecule has 0 bridgehead atoms. The minimum atomic E-state index is -0.410. The maximum absolute atomic E-state index is 12.8. The van der Waals surface area contributed by atoms with E-state index in [1.807, 2.05) is 38.1 Å². The summed E-state index contributed by atoms with van der Waals surface area (Å²) < 4.78 is 13.0. The van der Waals surface area contributed by atoms with Gasteiger partial charge in [0.25, 0.3) is 0 Å². The fourth-order valence-corrected chi connectivity index (χ4v) is 4.12. The molecule has 0 aliphatic carbocycles. The normalized spacial score (nSPS) is 15.4. The van der Waals surface area contributed by atoms with Crippen LogP contribution in [0.1, 0.15) is 65.0 Å². The Labute approximate surface area is 188 Å². The van der Waals surface area contributed by atoms with Crippen molar-refractivity contribution in [2.45, 2.75) is 64.6 Å². The number of esters is 1. The van der Waals surface area contributed by atoms with Crippen LogP contribution in [0.5, 0.6) is 5.75 Å². The third kappa shape index (κ3) is 5.61. The molecule has 1 N–H and O–H groups in total. The van der Waals surface area contributed by atoms with Crippen molar-refractivity contribution in [1.29, 1.82) is 0 Å². The van der Waals surface area contributed by atoms with E-state index in [9.17, 15) is 4.79 Å². The number of allylic oxidation sites excluding steroid dienone is 1. The fourth-order valence-electron chi connectivity index (χ4n) is 3.57. The number of nitrogens with zero attached hydrogens (tertiary/aromatic N) is 3. The number of hydrogen-bond donors (Lipinski definition) is 1. The number of aromatic nitrogens is 3. The van der Waals surface area contributed by atoms with E-state index in [4.69, 9.17) is 9.47 Å². The van der Waals surface area contributed by atoms with E-state index in [1.165, 1.54) is 19.3 Å². The molecule has 1 aliphatic heterocycles. The number of hydrogen-bond acceptors (Lipinski definition) is 7. The maximum atomic E-state index is 12.8. The first kappa shape index (κ1) is 23.2. The summed E-state index contributed by atoms with van der Waals surface area (Å²) in [6.45, 7) is 8.97. The summed E-state index contributed by atoms with van der Waals surface area (Å²) in [5, 5.41) is 8.55. The Balaban J connectivity index is 1.87. The first-order valence-corrected chi connectivity index (χ1v) is 12.0. The van der Waals surface area contributed by atoms with Crippen molar-refractivity contribution >= 4 is 23.7 Å². The van der Waals surface area contributed by atoms with Crippen molar-refractivity contribution in [3.05, 3.63) is 41.1 Å². The molecular formula is C23H32N4O3S. The smallest absolute Gasteiger partial charge is 0.338 e. The second-order valence-electron chi connectivity index (χ2n) is 7.36. The summed E-state index contributed by atoms with van der Waals surface area (Å²) >= 11 is 1.57. The van der Waals surface area contributed by atoms with Gasteiger partial charge in [0.1, 0.15) is 11.8 Å². The van der Waals surface area contributed by atoms with Crippen LogP contribution in [0, 0.1) is 0 Å². The highest BCUT2D eigenvalue weighted by atomic mass is 32.2. The van der Waals surface area contributed by atoms with Gasteiger partial charge in [-0.25, -0.2) is 9.48 Å². The van der Waals surface area contributed by atoms with Crippen LogP contribution in [-0.2, 0) is 9.53 Å². The van der Waals surface area contributed by atoms with Crippen molar-refractivity contribution in [3.8, 4) is 5.75 Å². The van der Waals surface area contributed by atoms with Crippen LogP contribution >= 0.6 is 11.8 Å². The predicted octanol–water partition coefficient (Wildman–Crippen LogP) is 5.20. The van der Waals surface area contributed by atoms with Crippen molar-refractivity contribution in [1.82, 2.24) is 14.8 Å². The van der Waals surface area contributed by atoms with Gasteiger partial charge in [0, 0.05) is 5.70 Å². The Bertz CT molecular complexity index is 908. The van der Waals surface area contributed by atoms with Crippen molar-refractivity contribution in [3.63, 3.8) is 0 Å². The molecule has 31 heavy (non-hydrogen) atoms. The average molecular weight is 445 g/mol. The Hall–Kier alpha value is -2.48. The average Bonchev–Trinajstić information content (AvgIpc) is 3.15. The Morgan fingerprint density at radius 1 is 1.16 bits per heavy atom. The minimum Gasteiger partial charge on any atom is -0.494 e. The van der Waals surface area contributed by atoms with Gasteiger partial charge in [-0.1, -0.05) is 57.0 Å². The monoisotopic (exact) mass is 444 g/mol. The van der Waals surface area contributed by atoms with Gasteiger partial charge in [-0.05, 0) is 43.7 Å². The molecule has 7 nitrogen and oxygen atoms in total. The standard InChI is InChI=1S/C23H32N4O3S/c1-5-8-9-10-15-30-18-13-11-17(12-14-18)20-19(21(28)29-6-2)16(4)24-22-25-23(31-7-3)26-27(20)22/h11-14,20H,5-10,15H2,1-4H3,(H,24,25,26). The van der Waals surface area contributed by atoms with Crippen LogP contribution in [0.25, 0.3) is 0 Å². The second kappa shape index (κ2) is 11.2. The quantitative estimate of drug-likeness (QED) is 0.290. The highest BCUT2D eigenvalue weighted by Gasteiger charge is 2.35. The van der Waals surface area contributed by atoms with Gasteiger partial charge in [0.15, 0.2) is 0 Å². The largest absolute Gasteiger partial charge is 0.494 e. The minimum absolute atomic E-state index is 0.314. The summed E-state index contributed by atoms with van der Waals surface area (Å²) in [4.78, 5) is 17.4. The molecule has 0 spiro atoms. The zero-order valence-electron chi connectivity index (χ0n) is 18.8. The molecule has 0 saturated heterocycles. The first-order valence-electron chi connectivity index (χ1n) is 11.1. The molecule has 2 heterocycles. The molecule has 1 unspecified atom stereocenters. The molecule has 0 fully saturated rings. The van der Waals surface area contributed by atoms with E-state index < -0.39 is 6.04 Å². The van der Waals surface area contributed by atoms with Gasteiger partial charge in [0.2, 0.25) is 11.1 Å². The van der Waals surface area contributed by atoms with E-state index in [0.29, 0.717) is 29.9 Å². The maximum Gasteiger partial charge on any atom is 0.338 e. The number of carbonyl (C=O) groups excluding carboxylic acids is 1. The van der Waals surface area contributed by atoms with Crippen LogP contribution in [0.3, 0.4) is 0 Å². The zero-order valence-corrected chi connectivity index (χ0v) is 19.6. The number of ether oxygens (including phenoxy) is 2. The molecule has 1 aromatic heterocycles. The Morgan fingerprint density at radius 2 is 1.94 bits per heavy atom. The van der Waals surface area contributed by atoms with Gasteiger partial charge in [0.05, 0.1) is 18.8 Å². The first-order chi connectivity index (χ1) is 15.1. The highest BCUT2D eigenvalue weighted by Crippen LogP contribution is 2.37. The van der Waals surface area contributed by atoms with Gasteiger partial charge < -0.3 is 14.8 Å². The number of carbonyl (C=O) groups is 1. The predicted molar refractivity (Wildman–Crippen MR) is 124 cm³/mol. The number of benzene rings is 1. The van der Waals surface area contributed by atoms with Gasteiger partial charge in [-0.2, -0.15) is 4.98 Å². The summed E-state index contributed by atoms with van der Waals surface area (Å²) in [6, 6.07) is 7.47. The van der Waals surface area contributed by atoms with Crippen molar-refractivity contribution in [2.75, 3.05) is 24.3 Å². The van der Waals surface area contributed by atoms with E-state index in [0.717, 1.165) is 29.2 Å². The zero-order chi connectivity index (χ0) is 22.2. The van der Waals surface area contributed by atoms with E-state index in [1.54, 1.807) is 16.4 Å². The molecule has 0 saturated carbocycles. The summed E-state index contributed by atoms with van der Waals surface area (Å²) in [5.41, 5.74) is 2.20. The third-order valence-electron chi connectivity index (χ3n) is 5.06. The van der Waals surface area contributed by atoms with Crippen molar-refractivity contribution in [2.24, 2.45) is 0 Å². The number of fused-ring (bicyclic) bond motifs is 1. The van der Waals surface area contributed by atoms with Gasteiger partial charge >= 0.3 is 5.97 Å². The Morgan fingerprint density at radius 3 is 2.61 bits per heavy atom. The summed E-state index contributed by atoms with van der Waals surface area (Å²) in [5.74, 6) is 1.98. The molecule has 1 aromatic carbocycles. The molecule has 1 aliphatic rings. The summed E-state index contributed by atoms with van der Waals surface area (Å²) in [7, 11) is 0. The highest BCUT2D eigenvalue weighted by molar-refractivity contribution is 7.99. The Kier molecular flexibility index (Phi) is 8.40. The van der Waals surface area contributed by atoms with Crippen molar-refractivity contribution < 1.29 is 14.3 Å². The molecule has 2 aromatic rings. The molecule has 168 valence electrons. The SMILES string of the molecule is CCCCCCOc1ccc(C2C(C(=O)OCC)=C(C)Nc3nc(SCC)nn32)cc1. The van der Waals surface area contributed by atoms with Gasteiger partial charge in [-0.3, -0.25) is 0 Å². The molecule has 0 amide bonds. The third-order valence-corrected chi connectivity index (χ3v) is 5.78. The molecule has 3 rings (SSSR count). The number of thioether (sulfide) groups is 1. The topological polar surface area (TPSA) is 78.3 Å². The van der Waals surface area contributed by atoms with E-state index in [2.05, 4.69) is 29.2 Å². The molecule has 1 atom stereocenters. The van der Waals surface area contributed by atoms with E-state index in [-0.39, 0.29) is 5.97 Å². The number of nitrogens with one attached hydrogen (secondary N) is 1. The van der Waals surface area contributed by atoms with Crippen LogP contribution in [0.15, 0.2) is 40.7 Å². The molecular weight excluding hydrogens is 412 g/mol. The lowest BCUT2D eigenvalue weighted by molar-refractivity contribution is -0.139. The van der Waals surface area contributed by atoms with Crippen LogP contribution < -0.4 is 10.1 Å². The van der Waals surface area contributed by atoms with Crippen LogP contribution in [0.4, 0.5) is 5.95 Å². The number of rotatable bonds is 11. The number of anilines is 1. The lowest BCUT2D eigenvalue weighted by Crippen LogP contribution is -2.29. The fraction of sp³-hybridized carbons (Fsp3) is 0.522. The number of unbranched alkanes of at least 4 members (excludes halogenated alkanes) is 3. The lowest BCUT2D eigenvalue weighted by Gasteiger charge is -2.28. The molecule has 8 heteroatoms. The van der Waals surface area contributed by atoms with Crippen LogP contribution in [-0.4, -0.2) is 39.7 Å². The summed E-state index contributed by atoms with van der Waals surface area (Å²) in [6.07, 6.45) is 4.69. The second-order valence-corrected chi connectivity index (χ2v) is 8.59. The van der Waals surface area contributed by atoms with E-state index >= 15 is 0 Å². The van der Waals surface area contributed by atoms with Crippen LogP contribution in [0.2, 0.25) is 0 Å².